The van der Waals surface area contributed by atoms with Gasteiger partial charge in [-0.2, -0.15) is 4.99 Å². The first-order valence-electron chi connectivity index (χ1n) is 4.80. The molecule has 0 unspecified atom stereocenters. The summed E-state index contributed by atoms with van der Waals surface area (Å²) < 4.78 is 0. The number of rotatable bonds is 2. The quantitative estimate of drug-likeness (QED) is 0.669. The minimum Gasteiger partial charge on any atom is -0.369 e. The molecule has 0 spiro atoms. The fourth-order valence-electron chi connectivity index (χ4n) is 1.51. The van der Waals surface area contributed by atoms with Gasteiger partial charge >= 0.3 is 0 Å². The second kappa shape index (κ2) is 3.48. The molecule has 0 saturated heterocycles. The molecular formula is C9H19N5. The first kappa shape index (κ1) is 10.8. The maximum atomic E-state index is 5.81. The lowest BCUT2D eigenvalue weighted by molar-refractivity contribution is 0.198. The van der Waals surface area contributed by atoms with Crippen LogP contribution in [0.2, 0.25) is 0 Å². The molecule has 1 heterocycles. The van der Waals surface area contributed by atoms with Crippen LogP contribution in [-0.2, 0) is 0 Å². The van der Waals surface area contributed by atoms with Gasteiger partial charge in [-0.05, 0) is 19.8 Å². The van der Waals surface area contributed by atoms with Crippen molar-refractivity contribution >= 4 is 11.9 Å². The third-order valence-corrected chi connectivity index (χ3v) is 2.10. The van der Waals surface area contributed by atoms with Gasteiger partial charge in [0.25, 0.3) is 0 Å². The van der Waals surface area contributed by atoms with E-state index in [1.54, 1.807) is 0 Å². The van der Waals surface area contributed by atoms with Crippen LogP contribution in [0, 0.1) is 5.92 Å². The molecule has 1 aliphatic heterocycles. The maximum Gasteiger partial charge on any atom is 0.220 e. The van der Waals surface area contributed by atoms with Gasteiger partial charge in [-0.25, -0.2) is 4.99 Å². The number of hydrogen-bond donors (Lipinski definition) is 2. The van der Waals surface area contributed by atoms with Crippen molar-refractivity contribution < 1.29 is 0 Å². The predicted octanol–water partition coefficient (Wildman–Crippen LogP) is 0.324. The van der Waals surface area contributed by atoms with Crippen molar-refractivity contribution in [3.05, 3.63) is 0 Å². The molecule has 80 valence electrons. The Bertz CT molecular complexity index is 277. The fraction of sp³-hybridized carbons (Fsp3) is 0.778. The van der Waals surface area contributed by atoms with E-state index in [1.807, 2.05) is 18.7 Å². The number of aliphatic imine (C=N–C) groups is 2. The molecule has 1 aliphatic rings. The lowest BCUT2D eigenvalue weighted by Gasteiger charge is -2.39. The van der Waals surface area contributed by atoms with E-state index >= 15 is 0 Å². The van der Waals surface area contributed by atoms with E-state index in [4.69, 9.17) is 11.5 Å². The fourth-order valence-corrected chi connectivity index (χ4v) is 1.51. The third-order valence-electron chi connectivity index (χ3n) is 2.10. The molecule has 5 heteroatoms. The zero-order valence-corrected chi connectivity index (χ0v) is 9.28. The smallest absolute Gasteiger partial charge is 0.220 e. The summed E-state index contributed by atoms with van der Waals surface area (Å²) in [7, 11) is 0. The van der Waals surface area contributed by atoms with Crippen molar-refractivity contribution in [1.82, 2.24) is 4.90 Å². The standard InChI is InChI=1S/C9H19N5/c1-6(2)5-14-8(11)12-7(10)13-9(14,3)4/h6H,5H2,1-4H3,(H4,10,11,12,13). The molecule has 0 fully saturated rings. The highest BCUT2D eigenvalue weighted by Gasteiger charge is 2.31. The number of nitrogens with two attached hydrogens (primary N) is 2. The zero-order chi connectivity index (χ0) is 10.9. The van der Waals surface area contributed by atoms with E-state index < -0.39 is 0 Å². The second-order valence-corrected chi connectivity index (χ2v) is 4.44. The molecule has 0 aromatic carbocycles. The van der Waals surface area contributed by atoms with Gasteiger partial charge in [0.05, 0.1) is 0 Å². The molecule has 0 radical (unpaired) electrons. The highest BCUT2D eigenvalue weighted by molar-refractivity contribution is 5.95. The highest BCUT2D eigenvalue weighted by Crippen LogP contribution is 2.20. The average molecular weight is 197 g/mol. The SMILES string of the molecule is CC(C)CN1C(N)=NC(N)=NC1(C)C. The van der Waals surface area contributed by atoms with Crippen molar-refractivity contribution in [2.45, 2.75) is 33.4 Å². The van der Waals surface area contributed by atoms with Crippen LogP contribution >= 0.6 is 0 Å². The minimum absolute atomic E-state index is 0.257. The van der Waals surface area contributed by atoms with Crippen LogP contribution < -0.4 is 11.5 Å². The van der Waals surface area contributed by atoms with E-state index in [0.717, 1.165) is 6.54 Å². The van der Waals surface area contributed by atoms with E-state index in [0.29, 0.717) is 11.9 Å². The number of hydrogen-bond acceptors (Lipinski definition) is 5. The number of nitrogens with zero attached hydrogens (tertiary/aromatic N) is 3. The zero-order valence-electron chi connectivity index (χ0n) is 9.28. The van der Waals surface area contributed by atoms with Crippen LogP contribution in [0.3, 0.4) is 0 Å². The van der Waals surface area contributed by atoms with Crippen molar-refractivity contribution in [2.24, 2.45) is 27.4 Å². The topological polar surface area (TPSA) is 80.0 Å². The highest BCUT2D eigenvalue weighted by atomic mass is 15.4. The van der Waals surface area contributed by atoms with Gasteiger partial charge in [0.15, 0.2) is 0 Å². The Hall–Kier alpha value is -1.26. The maximum absolute atomic E-state index is 5.81. The summed E-state index contributed by atoms with van der Waals surface area (Å²) in [5, 5.41) is 0. The summed E-state index contributed by atoms with van der Waals surface area (Å²) in [5.41, 5.74) is 11.0. The first-order chi connectivity index (χ1) is 6.33. The molecular weight excluding hydrogens is 178 g/mol. The van der Waals surface area contributed by atoms with E-state index in [2.05, 4.69) is 23.8 Å². The Balaban J connectivity index is 2.90. The summed E-state index contributed by atoms with van der Waals surface area (Å²) in [4.78, 5) is 10.2. The molecule has 0 saturated carbocycles. The molecule has 5 nitrogen and oxygen atoms in total. The molecule has 0 aliphatic carbocycles. The van der Waals surface area contributed by atoms with Crippen LogP contribution in [0.1, 0.15) is 27.7 Å². The summed E-state index contributed by atoms with van der Waals surface area (Å²) in [5.74, 6) is 1.22. The van der Waals surface area contributed by atoms with Crippen LogP contribution in [0.25, 0.3) is 0 Å². The van der Waals surface area contributed by atoms with Crippen LogP contribution in [0.5, 0.6) is 0 Å². The third kappa shape index (κ3) is 2.16. The Morgan fingerprint density at radius 2 is 1.93 bits per heavy atom. The predicted molar refractivity (Wildman–Crippen MR) is 58.9 cm³/mol. The van der Waals surface area contributed by atoms with Gasteiger partial charge in [0.2, 0.25) is 11.9 Å². The van der Waals surface area contributed by atoms with Gasteiger partial charge in [0, 0.05) is 6.54 Å². The molecule has 0 atom stereocenters. The van der Waals surface area contributed by atoms with Crippen LogP contribution in [0.4, 0.5) is 0 Å². The van der Waals surface area contributed by atoms with Gasteiger partial charge in [0.1, 0.15) is 5.66 Å². The second-order valence-electron chi connectivity index (χ2n) is 4.44. The molecule has 0 aromatic heterocycles. The van der Waals surface area contributed by atoms with E-state index in [-0.39, 0.29) is 11.6 Å². The summed E-state index contributed by atoms with van der Waals surface area (Å²) >= 11 is 0. The molecule has 14 heavy (non-hydrogen) atoms. The molecule has 0 bridgehead atoms. The average Bonchev–Trinajstić information content (AvgIpc) is 1.95. The molecule has 0 aromatic rings. The molecule has 1 rings (SSSR count). The van der Waals surface area contributed by atoms with Crippen molar-refractivity contribution in [3.8, 4) is 0 Å². The summed E-state index contributed by atoms with van der Waals surface area (Å²) in [6.07, 6.45) is 0. The van der Waals surface area contributed by atoms with E-state index in [9.17, 15) is 0 Å². The Labute approximate surface area is 84.9 Å². The summed E-state index contributed by atoms with van der Waals surface area (Å²) in [6, 6.07) is 0. The van der Waals surface area contributed by atoms with E-state index in [1.165, 1.54) is 0 Å². The molecule has 4 N–H and O–H groups in total. The number of guanidine groups is 2. The van der Waals surface area contributed by atoms with Crippen molar-refractivity contribution in [2.75, 3.05) is 6.54 Å². The normalized spacial score (nSPS) is 20.8. The molecule has 0 amide bonds. The monoisotopic (exact) mass is 197 g/mol. The Morgan fingerprint density at radius 3 is 2.36 bits per heavy atom. The van der Waals surface area contributed by atoms with Gasteiger partial charge in [-0.15, -0.1) is 0 Å². The first-order valence-corrected chi connectivity index (χ1v) is 4.80. The lowest BCUT2D eigenvalue weighted by atomic mass is 10.1. The van der Waals surface area contributed by atoms with Gasteiger partial charge < -0.3 is 16.4 Å². The largest absolute Gasteiger partial charge is 0.369 e. The summed E-state index contributed by atoms with van der Waals surface area (Å²) in [6.45, 7) is 9.04. The van der Waals surface area contributed by atoms with Gasteiger partial charge in [-0.1, -0.05) is 13.8 Å². The Morgan fingerprint density at radius 1 is 1.36 bits per heavy atom. The van der Waals surface area contributed by atoms with Crippen LogP contribution in [-0.4, -0.2) is 29.0 Å². The lowest BCUT2D eigenvalue weighted by Crippen LogP contribution is -2.55. The minimum atomic E-state index is -0.389. The van der Waals surface area contributed by atoms with Crippen molar-refractivity contribution in [1.29, 1.82) is 0 Å². The Kier molecular flexibility index (Phi) is 2.69. The van der Waals surface area contributed by atoms with Crippen molar-refractivity contribution in [3.63, 3.8) is 0 Å². The van der Waals surface area contributed by atoms with Gasteiger partial charge in [-0.3, -0.25) is 0 Å². The van der Waals surface area contributed by atoms with Crippen LogP contribution in [0.15, 0.2) is 9.98 Å².